The third kappa shape index (κ3) is 4.71. The Morgan fingerprint density at radius 1 is 0.286 bits per heavy atom. The molecule has 0 aliphatic rings. The number of fused-ring (bicyclic) bond motifs is 11. The van der Waals surface area contributed by atoms with Gasteiger partial charge in [0.1, 0.15) is 22.3 Å². The lowest BCUT2D eigenvalue weighted by Crippen LogP contribution is -2.01. The zero-order valence-corrected chi connectivity index (χ0v) is 29.9. The van der Waals surface area contributed by atoms with Crippen molar-refractivity contribution in [3.05, 3.63) is 176 Å². The molecular formula is C51H29N3O2. The highest BCUT2D eigenvalue weighted by Crippen LogP contribution is 2.40. The van der Waals surface area contributed by atoms with Gasteiger partial charge in [-0.15, -0.1) is 0 Å². The van der Waals surface area contributed by atoms with Crippen LogP contribution in [0.25, 0.3) is 121 Å². The Morgan fingerprint density at radius 3 is 1.45 bits per heavy atom. The summed E-state index contributed by atoms with van der Waals surface area (Å²) in [6.45, 7) is 0. The lowest BCUT2D eigenvalue weighted by atomic mass is 9.93. The van der Waals surface area contributed by atoms with Crippen molar-refractivity contribution < 1.29 is 8.83 Å². The van der Waals surface area contributed by atoms with Gasteiger partial charge in [0.15, 0.2) is 17.5 Å². The smallest absolute Gasteiger partial charge is 0.164 e. The average molecular weight is 716 g/mol. The van der Waals surface area contributed by atoms with E-state index in [1.807, 2.05) is 60.7 Å². The van der Waals surface area contributed by atoms with Gasteiger partial charge in [0.2, 0.25) is 0 Å². The summed E-state index contributed by atoms with van der Waals surface area (Å²) in [5.41, 5.74) is 8.07. The predicted octanol–water partition coefficient (Wildman–Crippen LogP) is 13.8. The minimum Gasteiger partial charge on any atom is -0.456 e. The van der Waals surface area contributed by atoms with Crippen LogP contribution in [0.5, 0.6) is 0 Å². The number of nitrogens with zero attached hydrogens (tertiary/aromatic N) is 3. The van der Waals surface area contributed by atoms with Crippen LogP contribution in [0.4, 0.5) is 0 Å². The molecule has 0 amide bonds. The molecule has 0 bridgehead atoms. The summed E-state index contributed by atoms with van der Waals surface area (Å²) in [6, 6.07) is 61.1. The quantitative estimate of drug-likeness (QED) is 0.170. The van der Waals surface area contributed by atoms with Crippen LogP contribution in [0.1, 0.15) is 0 Å². The van der Waals surface area contributed by atoms with Crippen molar-refractivity contribution in [1.82, 2.24) is 15.0 Å². The molecule has 0 unspecified atom stereocenters. The zero-order valence-electron chi connectivity index (χ0n) is 29.9. The van der Waals surface area contributed by atoms with E-state index in [0.717, 1.165) is 71.7 Å². The molecule has 9 aromatic carbocycles. The second kappa shape index (κ2) is 11.9. The maximum Gasteiger partial charge on any atom is 0.164 e. The molecule has 5 nitrogen and oxygen atoms in total. The molecule has 0 fully saturated rings. The summed E-state index contributed by atoms with van der Waals surface area (Å²) < 4.78 is 12.6. The zero-order chi connectivity index (χ0) is 36.7. The van der Waals surface area contributed by atoms with E-state index in [1.54, 1.807) is 0 Å². The Balaban J connectivity index is 1.08. The fraction of sp³-hybridized carbons (Fsp3) is 0. The van der Waals surface area contributed by atoms with Gasteiger partial charge < -0.3 is 8.83 Å². The fourth-order valence-corrected chi connectivity index (χ4v) is 8.51. The summed E-state index contributed by atoms with van der Waals surface area (Å²) in [5, 5.41) is 11.4. The van der Waals surface area contributed by atoms with Crippen molar-refractivity contribution in [3.63, 3.8) is 0 Å². The van der Waals surface area contributed by atoms with Gasteiger partial charge in [0.05, 0.1) is 0 Å². The van der Waals surface area contributed by atoms with Crippen molar-refractivity contribution in [2.45, 2.75) is 0 Å². The number of benzene rings is 9. The number of aromatic nitrogens is 3. The van der Waals surface area contributed by atoms with Gasteiger partial charge >= 0.3 is 0 Å². The monoisotopic (exact) mass is 715 g/mol. The molecule has 5 heteroatoms. The van der Waals surface area contributed by atoms with Gasteiger partial charge in [0.25, 0.3) is 0 Å². The molecule has 12 rings (SSSR count). The topological polar surface area (TPSA) is 65.0 Å². The van der Waals surface area contributed by atoms with E-state index in [1.165, 1.54) is 32.3 Å². The highest BCUT2D eigenvalue weighted by molar-refractivity contribution is 6.21. The highest BCUT2D eigenvalue weighted by atomic mass is 16.3. The molecule has 56 heavy (non-hydrogen) atoms. The fourth-order valence-electron chi connectivity index (χ4n) is 8.51. The Morgan fingerprint density at radius 2 is 0.768 bits per heavy atom. The molecule has 0 N–H and O–H groups in total. The predicted molar refractivity (Wildman–Crippen MR) is 229 cm³/mol. The maximum absolute atomic E-state index is 6.30. The summed E-state index contributed by atoms with van der Waals surface area (Å²) in [4.78, 5) is 15.7. The molecule has 0 aliphatic heterocycles. The van der Waals surface area contributed by atoms with Gasteiger partial charge in [-0.2, -0.15) is 0 Å². The molecule has 0 atom stereocenters. The van der Waals surface area contributed by atoms with Crippen LogP contribution in [0.15, 0.2) is 185 Å². The van der Waals surface area contributed by atoms with Crippen LogP contribution in [-0.2, 0) is 0 Å². The van der Waals surface area contributed by atoms with Crippen molar-refractivity contribution in [3.8, 4) is 45.3 Å². The van der Waals surface area contributed by atoms with E-state index >= 15 is 0 Å². The number of hydrogen-bond donors (Lipinski definition) is 0. The Labute approximate surface area is 320 Å². The first kappa shape index (κ1) is 30.8. The second-order valence-electron chi connectivity index (χ2n) is 14.3. The largest absolute Gasteiger partial charge is 0.456 e. The third-order valence-electron chi connectivity index (χ3n) is 11.1. The van der Waals surface area contributed by atoms with Crippen LogP contribution in [0, 0.1) is 0 Å². The van der Waals surface area contributed by atoms with E-state index < -0.39 is 0 Å². The second-order valence-corrected chi connectivity index (χ2v) is 14.3. The molecule has 3 aromatic heterocycles. The minimum atomic E-state index is 0.571. The molecule has 12 aromatic rings. The Hall–Kier alpha value is -7.63. The summed E-state index contributed by atoms with van der Waals surface area (Å²) >= 11 is 0. The summed E-state index contributed by atoms with van der Waals surface area (Å²) in [5.74, 6) is 1.72. The lowest BCUT2D eigenvalue weighted by molar-refractivity contribution is 0.668. The maximum atomic E-state index is 6.30. The minimum absolute atomic E-state index is 0.571. The van der Waals surface area contributed by atoms with Gasteiger partial charge in [-0.05, 0) is 79.8 Å². The molecule has 0 saturated carbocycles. The molecule has 260 valence electrons. The van der Waals surface area contributed by atoms with Crippen molar-refractivity contribution >= 4 is 76.2 Å². The highest BCUT2D eigenvalue weighted by Gasteiger charge is 2.20. The van der Waals surface area contributed by atoms with Crippen LogP contribution >= 0.6 is 0 Å². The van der Waals surface area contributed by atoms with Gasteiger partial charge in [-0.1, -0.05) is 140 Å². The van der Waals surface area contributed by atoms with Crippen molar-refractivity contribution in [2.24, 2.45) is 0 Å². The van der Waals surface area contributed by atoms with Crippen LogP contribution in [-0.4, -0.2) is 15.0 Å². The van der Waals surface area contributed by atoms with Crippen LogP contribution in [0.3, 0.4) is 0 Å². The number of furan rings is 2. The first-order valence-electron chi connectivity index (χ1n) is 18.8. The standard InChI is InChI=1S/C51H29N3O2/c1-2-13-36-30(10-1)22-25-32-26-23-31-24-27-34(29-41(31)46(32)36)33-11-7-12-35(28-33)49-52-50(39-16-8-20-44-47(39)37-14-3-5-18-42(37)55-44)54-51(53-49)40-17-9-21-45-48(40)38-15-4-6-19-43(38)56-45/h1-29H. The van der Waals surface area contributed by atoms with Crippen LogP contribution < -0.4 is 0 Å². The lowest BCUT2D eigenvalue weighted by Gasteiger charge is -2.12. The first-order chi connectivity index (χ1) is 27.7. The summed E-state index contributed by atoms with van der Waals surface area (Å²) in [6.07, 6.45) is 0. The van der Waals surface area contributed by atoms with Crippen molar-refractivity contribution in [1.29, 1.82) is 0 Å². The van der Waals surface area contributed by atoms with Gasteiger partial charge in [-0.3, -0.25) is 0 Å². The van der Waals surface area contributed by atoms with E-state index in [4.69, 9.17) is 23.8 Å². The van der Waals surface area contributed by atoms with E-state index in [-0.39, 0.29) is 0 Å². The number of para-hydroxylation sites is 2. The molecule has 3 heterocycles. The summed E-state index contributed by atoms with van der Waals surface area (Å²) in [7, 11) is 0. The third-order valence-corrected chi connectivity index (χ3v) is 11.1. The normalized spacial score (nSPS) is 11.9. The number of hydrogen-bond acceptors (Lipinski definition) is 5. The van der Waals surface area contributed by atoms with Gasteiger partial charge in [0, 0.05) is 38.2 Å². The van der Waals surface area contributed by atoms with E-state index in [9.17, 15) is 0 Å². The van der Waals surface area contributed by atoms with Crippen molar-refractivity contribution in [2.75, 3.05) is 0 Å². The first-order valence-corrected chi connectivity index (χ1v) is 18.8. The molecular weight excluding hydrogens is 687 g/mol. The average Bonchev–Trinajstić information content (AvgIpc) is 3.85. The van der Waals surface area contributed by atoms with Crippen LogP contribution in [0.2, 0.25) is 0 Å². The van der Waals surface area contributed by atoms with E-state index in [2.05, 4.69) is 115 Å². The SMILES string of the molecule is c1cc(-c2ccc3ccc4ccc5ccccc5c4c3c2)cc(-c2nc(-c3cccc4oc5ccccc5c34)nc(-c3cccc4oc5ccccc5c34)n2)c1. The number of rotatable bonds is 4. The molecule has 0 saturated heterocycles. The molecule has 0 radical (unpaired) electrons. The Kier molecular flexibility index (Phi) is 6.56. The van der Waals surface area contributed by atoms with Gasteiger partial charge in [-0.25, -0.2) is 15.0 Å². The van der Waals surface area contributed by atoms with E-state index in [0.29, 0.717) is 17.5 Å². The molecule has 0 spiro atoms. The Bertz CT molecular complexity index is 3420. The molecule has 0 aliphatic carbocycles.